The number of unbranched alkanes of at least 4 members (excludes halogenated alkanes) is 2. The van der Waals surface area contributed by atoms with E-state index < -0.39 is 63.8 Å². The van der Waals surface area contributed by atoms with Gasteiger partial charge in [-0.05, 0) is 53.8 Å². The lowest BCUT2D eigenvalue weighted by molar-refractivity contribution is -0.189. The maximum atomic E-state index is 14.8. The molecule has 44 heavy (non-hydrogen) atoms. The number of alkyl halides is 5. The molecule has 0 saturated carbocycles. The maximum absolute atomic E-state index is 14.8. The van der Waals surface area contributed by atoms with Gasteiger partial charge in [-0.25, -0.2) is 22.0 Å². The molecule has 4 rings (SSSR count). The summed E-state index contributed by atoms with van der Waals surface area (Å²) in [5, 5.41) is 0. The summed E-state index contributed by atoms with van der Waals surface area (Å²) in [6.07, 6.45) is -6.16. The molecule has 4 aromatic carbocycles. The molecule has 0 amide bonds. The Balaban J connectivity index is 1.53. The van der Waals surface area contributed by atoms with Gasteiger partial charge in [-0.3, -0.25) is 0 Å². The number of rotatable bonds is 8. The van der Waals surface area contributed by atoms with Crippen molar-refractivity contribution in [1.82, 2.24) is 0 Å². The Morgan fingerprint density at radius 1 is 0.614 bits per heavy atom. The molecule has 0 radical (unpaired) electrons. The summed E-state index contributed by atoms with van der Waals surface area (Å²) in [6, 6.07) is 12.2. The number of aryl methyl sites for hydroxylation is 1. The van der Waals surface area contributed by atoms with Crippen LogP contribution in [0, 0.1) is 40.9 Å². The second-order valence-electron chi connectivity index (χ2n) is 9.79. The minimum Gasteiger partial charge on any atom is -0.429 e. The van der Waals surface area contributed by atoms with Gasteiger partial charge in [0.15, 0.2) is 0 Å². The molecule has 0 aliphatic heterocycles. The summed E-state index contributed by atoms with van der Waals surface area (Å²) >= 11 is 0. The minimum absolute atomic E-state index is 0.144. The average molecular weight is 625 g/mol. The van der Waals surface area contributed by atoms with Gasteiger partial charge in [0.2, 0.25) is 0 Å². The molecule has 0 aliphatic carbocycles. The van der Waals surface area contributed by atoms with Crippen LogP contribution in [0.3, 0.4) is 0 Å². The lowest BCUT2D eigenvalue weighted by Crippen LogP contribution is -2.25. The highest BCUT2D eigenvalue weighted by Crippen LogP contribution is 2.39. The Hall–Kier alpha value is -4.46. The van der Waals surface area contributed by atoms with Crippen LogP contribution in [0.15, 0.2) is 66.7 Å². The third kappa shape index (κ3) is 7.54. The van der Waals surface area contributed by atoms with Crippen molar-refractivity contribution in [1.29, 1.82) is 0 Å². The lowest BCUT2D eigenvalue weighted by Gasteiger charge is -2.20. The second-order valence-corrected chi connectivity index (χ2v) is 9.79. The molecule has 1 nitrogen and oxygen atoms in total. The second kappa shape index (κ2) is 13.0. The van der Waals surface area contributed by atoms with Gasteiger partial charge in [0, 0.05) is 17.7 Å². The number of benzene rings is 4. The van der Waals surface area contributed by atoms with Crippen molar-refractivity contribution in [2.75, 3.05) is 0 Å². The normalized spacial score (nSPS) is 11.7. The Labute approximate surface area is 246 Å². The van der Waals surface area contributed by atoms with E-state index in [1.54, 1.807) is 6.07 Å². The van der Waals surface area contributed by atoms with Crippen LogP contribution in [-0.4, -0.2) is 0 Å². The third-order valence-electron chi connectivity index (χ3n) is 6.55. The van der Waals surface area contributed by atoms with Crippen LogP contribution in [0.1, 0.15) is 54.0 Å². The van der Waals surface area contributed by atoms with Crippen molar-refractivity contribution in [3.8, 4) is 28.7 Å². The van der Waals surface area contributed by atoms with Crippen LogP contribution in [0.2, 0.25) is 0 Å². The van der Waals surface area contributed by atoms with E-state index in [9.17, 15) is 43.9 Å². The van der Waals surface area contributed by atoms with Gasteiger partial charge >= 0.3 is 12.3 Å². The summed E-state index contributed by atoms with van der Waals surface area (Å²) in [6.45, 7) is 2.11. The maximum Gasteiger partial charge on any atom is 0.432 e. The van der Waals surface area contributed by atoms with Crippen LogP contribution in [0.5, 0.6) is 5.75 Å². The first kappa shape index (κ1) is 32.5. The summed E-state index contributed by atoms with van der Waals surface area (Å²) in [7, 11) is 0. The molecular formula is C33H22F10O. The van der Waals surface area contributed by atoms with E-state index in [0.717, 1.165) is 36.8 Å². The molecule has 0 saturated heterocycles. The lowest BCUT2D eigenvalue weighted by atomic mass is 10.00. The topological polar surface area (TPSA) is 9.23 Å². The first-order chi connectivity index (χ1) is 20.7. The van der Waals surface area contributed by atoms with E-state index in [-0.39, 0.29) is 17.7 Å². The fourth-order valence-corrected chi connectivity index (χ4v) is 4.38. The summed E-state index contributed by atoms with van der Waals surface area (Å²) < 4.78 is 143. The van der Waals surface area contributed by atoms with Crippen molar-refractivity contribution in [3.05, 3.63) is 124 Å². The van der Waals surface area contributed by atoms with Crippen molar-refractivity contribution in [3.63, 3.8) is 0 Å². The molecule has 4 aromatic rings. The smallest absolute Gasteiger partial charge is 0.429 e. The quantitative estimate of drug-likeness (QED) is 0.108. The van der Waals surface area contributed by atoms with Gasteiger partial charge in [-0.2, -0.15) is 22.0 Å². The first-order valence-electron chi connectivity index (χ1n) is 13.2. The van der Waals surface area contributed by atoms with Crippen molar-refractivity contribution in [2.24, 2.45) is 0 Å². The molecular weight excluding hydrogens is 602 g/mol. The number of ether oxygens (including phenoxy) is 1. The molecule has 0 atom stereocenters. The fourth-order valence-electron chi connectivity index (χ4n) is 4.38. The molecule has 0 bridgehead atoms. The van der Waals surface area contributed by atoms with Crippen LogP contribution >= 0.6 is 0 Å². The van der Waals surface area contributed by atoms with Gasteiger partial charge in [-0.15, -0.1) is 0 Å². The highest BCUT2D eigenvalue weighted by molar-refractivity contribution is 5.65. The zero-order valence-corrected chi connectivity index (χ0v) is 22.9. The van der Waals surface area contributed by atoms with Crippen molar-refractivity contribution >= 4 is 0 Å². The standard InChI is InChI=1S/C33H22F10O/c1-2-3-4-5-19-6-9-21(10-7-19)23-13-12-22(25(34)16-23)11-8-20-14-26(35)31(27(36)15-20)33(42,43)44-24-17-28(37)30(29(38)18-24)32(39,40)41/h6-7,9-10,12-18H,2-5H2,1H3. The van der Waals surface area contributed by atoms with Crippen LogP contribution in [0.4, 0.5) is 43.9 Å². The number of halogens is 10. The Kier molecular flexibility index (Phi) is 9.62. The molecule has 0 N–H and O–H groups in total. The van der Waals surface area contributed by atoms with E-state index in [4.69, 9.17) is 0 Å². The molecule has 230 valence electrons. The van der Waals surface area contributed by atoms with Gasteiger partial charge in [-0.1, -0.05) is 61.9 Å². The zero-order valence-electron chi connectivity index (χ0n) is 22.9. The van der Waals surface area contributed by atoms with Gasteiger partial charge in [0.1, 0.15) is 46.0 Å². The van der Waals surface area contributed by atoms with E-state index in [1.807, 2.05) is 24.3 Å². The Morgan fingerprint density at radius 2 is 1.18 bits per heavy atom. The van der Waals surface area contributed by atoms with Crippen molar-refractivity contribution < 1.29 is 48.6 Å². The van der Waals surface area contributed by atoms with E-state index in [1.165, 1.54) is 12.1 Å². The van der Waals surface area contributed by atoms with E-state index in [0.29, 0.717) is 17.7 Å². The molecule has 0 aliphatic rings. The van der Waals surface area contributed by atoms with Crippen LogP contribution < -0.4 is 4.74 Å². The Morgan fingerprint density at radius 3 is 1.73 bits per heavy atom. The molecule has 0 aromatic heterocycles. The average Bonchev–Trinajstić information content (AvgIpc) is 2.91. The monoisotopic (exact) mass is 624 g/mol. The SMILES string of the molecule is CCCCCc1ccc(-c2ccc(C#Cc3cc(F)c(C(F)(F)Oc4cc(F)c(C(F)(F)F)c(F)c4)c(F)c3)c(F)c2)cc1. The van der Waals surface area contributed by atoms with Gasteiger partial charge in [0.05, 0.1) is 5.56 Å². The molecule has 0 heterocycles. The summed E-state index contributed by atoms with van der Waals surface area (Å²) in [5.74, 6) is -5.86. The van der Waals surface area contributed by atoms with E-state index >= 15 is 0 Å². The van der Waals surface area contributed by atoms with E-state index in [2.05, 4.69) is 23.5 Å². The third-order valence-corrected chi connectivity index (χ3v) is 6.55. The molecule has 11 heteroatoms. The largest absolute Gasteiger partial charge is 0.432 e. The number of hydrogen-bond donors (Lipinski definition) is 0. The molecule has 0 fully saturated rings. The zero-order chi connectivity index (χ0) is 32.2. The minimum atomic E-state index is -5.48. The summed E-state index contributed by atoms with van der Waals surface area (Å²) in [4.78, 5) is 0. The predicted octanol–water partition coefficient (Wildman–Crippen LogP) is 10.3. The molecule has 0 spiro atoms. The van der Waals surface area contributed by atoms with Crippen LogP contribution in [-0.2, 0) is 18.7 Å². The highest BCUT2D eigenvalue weighted by atomic mass is 19.4. The first-order valence-corrected chi connectivity index (χ1v) is 13.2. The van der Waals surface area contributed by atoms with Crippen LogP contribution in [0.25, 0.3) is 11.1 Å². The number of hydrogen-bond acceptors (Lipinski definition) is 1. The van der Waals surface area contributed by atoms with Gasteiger partial charge < -0.3 is 4.74 Å². The molecule has 0 unspecified atom stereocenters. The Bertz CT molecular complexity index is 1670. The van der Waals surface area contributed by atoms with Gasteiger partial charge in [0.25, 0.3) is 0 Å². The fraction of sp³-hybridized carbons (Fsp3) is 0.212. The highest BCUT2D eigenvalue weighted by Gasteiger charge is 2.43. The van der Waals surface area contributed by atoms with Crippen molar-refractivity contribution in [2.45, 2.75) is 44.9 Å². The predicted molar refractivity (Wildman–Crippen MR) is 143 cm³/mol. The summed E-state index contributed by atoms with van der Waals surface area (Å²) in [5.41, 5.74) is -2.48.